The van der Waals surface area contributed by atoms with Crippen molar-refractivity contribution in [2.45, 2.75) is 0 Å². The highest BCUT2D eigenvalue weighted by Crippen LogP contribution is 2.37. The minimum atomic E-state index is -0.236. The molecule has 0 aromatic carbocycles. The first kappa shape index (κ1) is 14.8. The number of aldehydes is 1. The first-order chi connectivity index (χ1) is 12.3. The first-order valence-electron chi connectivity index (χ1n) is 7.45. The van der Waals surface area contributed by atoms with E-state index >= 15 is 0 Å². The molecule has 0 spiro atoms. The molecule has 25 heavy (non-hydrogen) atoms. The van der Waals surface area contributed by atoms with Crippen molar-refractivity contribution in [3.05, 3.63) is 59.7 Å². The number of pyridine rings is 2. The van der Waals surface area contributed by atoms with Crippen LogP contribution in [0.5, 0.6) is 5.75 Å². The summed E-state index contributed by atoms with van der Waals surface area (Å²) in [4.78, 5) is 23.7. The van der Waals surface area contributed by atoms with Crippen molar-refractivity contribution in [1.29, 1.82) is 0 Å². The van der Waals surface area contributed by atoms with Gasteiger partial charge in [0.25, 0.3) is 0 Å². The molecule has 0 bridgehead atoms. The Hall–Kier alpha value is -3.74. The molecule has 1 aliphatic heterocycles. The van der Waals surface area contributed by atoms with Crippen molar-refractivity contribution in [2.75, 3.05) is 5.32 Å². The molecule has 0 amide bonds. The van der Waals surface area contributed by atoms with E-state index in [2.05, 4.69) is 20.3 Å². The van der Waals surface area contributed by atoms with Crippen molar-refractivity contribution in [3.63, 3.8) is 0 Å². The monoisotopic (exact) mass is 332 g/mol. The molecule has 2 N–H and O–H groups in total. The quantitative estimate of drug-likeness (QED) is 0.708. The number of nitrogens with one attached hydrogen (secondary N) is 1. The number of furan rings is 1. The molecule has 7 nitrogen and oxygen atoms in total. The fraction of sp³-hybridized carbons (Fsp3) is 0. The van der Waals surface area contributed by atoms with Gasteiger partial charge in [-0.05, 0) is 30.3 Å². The zero-order valence-corrected chi connectivity index (χ0v) is 12.9. The molecule has 0 radical (unpaired) electrons. The average Bonchev–Trinajstić information content (AvgIpc) is 3.18. The van der Waals surface area contributed by atoms with Gasteiger partial charge >= 0.3 is 0 Å². The number of aliphatic imine (C=N–C) groups is 1. The first-order valence-corrected chi connectivity index (χ1v) is 7.45. The zero-order chi connectivity index (χ0) is 17.2. The van der Waals surface area contributed by atoms with Crippen molar-refractivity contribution in [3.8, 4) is 5.75 Å². The summed E-state index contributed by atoms with van der Waals surface area (Å²) in [5.41, 5.74) is 2.23. The van der Waals surface area contributed by atoms with Crippen LogP contribution in [0.1, 0.15) is 21.7 Å². The van der Waals surface area contributed by atoms with E-state index < -0.39 is 0 Å². The van der Waals surface area contributed by atoms with Gasteiger partial charge in [0.2, 0.25) is 5.88 Å². The SMILES string of the molecule is O=Cc1c(Nc2cccnc2)oc(C=C2C=Nc3ncccc32)c1O. The number of allylic oxidation sites excluding steroid dienone is 1. The lowest BCUT2D eigenvalue weighted by molar-refractivity contribution is 0.112. The van der Waals surface area contributed by atoms with Gasteiger partial charge in [0, 0.05) is 29.7 Å². The molecule has 4 heterocycles. The molecule has 0 fully saturated rings. The summed E-state index contributed by atoms with van der Waals surface area (Å²) in [6, 6.07) is 7.19. The predicted octanol–water partition coefficient (Wildman–Crippen LogP) is 3.59. The lowest BCUT2D eigenvalue weighted by atomic mass is 10.1. The van der Waals surface area contributed by atoms with Gasteiger partial charge in [0.15, 0.2) is 23.6 Å². The highest BCUT2D eigenvalue weighted by atomic mass is 16.4. The minimum Gasteiger partial charge on any atom is -0.504 e. The van der Waals surface area contributed by atoms with E-state index in [4.69, 9.17) is 4.42 Å². The maximum atomic E-state index is 11.4. The van der Waals surface area contributed by atoms with Crippen LogP contribution in [0.4, 0.5) is 17.4 Å². The second-order valence-corrected chi connectivity index (χ2v) is 5.27. The minimum absolute atomic E-state index is 0.0389. The van der Waals surface area contributed by atoms with Crippen LogP contribution >= 0.6 is 0 Å². The van der Waals surface area contributed by atoms with Crippen LogP contribution in [0.3, 0.4) is 0 Å². The molecule has 122 valence electrons. The molecule has 3 aromatic heterocycles. The number of hydrogen-bond donors (Lipinski definition) is 2. The van der Waals surface area contributed by atoms with Crippen LogP contribution in [-0.2, 0) is 0 Å². The van der Waals surface area contributed by atoms with E-state index in [-0.39, 0.29) is 23.0 Å². The number of aromatic nitrogens is 2. The number of hydrogen-bond acceptors (Lipinski definition) is 7. The Morgan fingerprint density at radius 1 is 1.20 bits per heavy atom. The molecule has 0 saturated heterocycles. The van der Waals surface area contributed by atoms with Gasteiger partial charge in [-0.3, -0.25) is 9.78 Å². The topological polar surface area (TPSA) is 101 Å². The summed E-state index contributed by atoms with van der Waals surface area (Å²) in [6.07, 6.45) is 8.66. The molecule has 1 aliphatic rings. The molecule has 0 unspecified atom stereocenters. The van der Waals surface area contributed by atoms with Crippen LogP contribution in [0.15, 0.2) is 52.3 Å². The summed E-state index contributed by atoms with van der Waals surface area (Å²) in [5.74, 6) is 0.670. The van der Waals surface area contributed by atoms with Gasteiger partial charge in [-0.25, -0.2) is 9.98 Å². The third-order valence-corrected chi connectivity index (χ3v) is 3.69. The maximum Gasteiger partial charge on any atom is 0.212 e. The van der Waals surface area contributed by atoms with Gasteiger partial charge in [0.05, 0.1) is 11.9 Å². The number of carbonyl (C=O) groups is 1. The molecule has 0 atom stereocenters. The maximum absolute atomic E-state index is 11.4. The van der Waals surface area contributed by atoms with Crippen LogP contribution in [0, 0.1) is 0 Å². The summed E-state index contributed by atoms with van der Waals surface area (Å²) in [7, 11) is 0. The fourth-order valence-electron chi connectivity index (χ4n) is 2.50. The Bertz CT molecular complexity index is 1010. The van der Waals surface area contributed by atoms with E-state index in [1.165, 1.54) is 0 Å². The van der Waals surface area contributed by atoms with E-state index in [9.17, 15) is 9.90 Å². The molecule has 0 saturated carbocycles. The van der Waals surface area contributed by atoms with Crippen LogP contribution in [-0.4, -0.2) is 27.6 Å². The second kappa shape index (κ2) is 6.04. The highest BCUT2D eigenvalue weighted by molar-refractivity contribution is 6.21. The van der Waals surface area contributed by atoms with Crippen LogP contribution in [0.2, 0.25) is 0 Å². The summed E-state index contributed by atoms with van der Waals surface area (Å²) in [5, 5.41) is 13.2. The number of aromatic hydroxyl groups is 1. The highest BCUT2D eigenvalue weighted by Gasteiger charge is 2.20. The Morgan fingerprint density at radius 2 is 2.08 bits per heavy atom. The Balaban J connectivity index is 1.73. The molecular formula is C18H12N4O3. The van der Waals surface area contributed by atoms with Crippen molar-refractivity contribution < 1.29 is 14.3 Å². The van der Waals surface area contributed by atoms with Gasteiger partial charge in [-0.2, -0.15) is 0 Å². The van der Waals surface area contributed by atoms with Crippen LogP contribution in [0.25, 0.3) is 11.6 Å². The lowest BCUT2D eigenvalue weighted by Crippen LogP contribution is -1.92. The molecular weight excluding hydrogens is 320 g/mol. The van der Waals surface area contributed by atoms with Gasteiger partial charge in [-0.1, -0.05) is 0 Å². The van der Waals surface area contributed by atoms with Gasteiger partial charge in [-0.15, -0.1) is 0 Å². The second-order valence-electron chi connectivity index (χ2n) is 5.27. The summed E-state index contributed by atoms with van der Waals surface area (Å²) >= 11 is 0. The smallest absolute Gasteiger partial charge is 0.212 e. The predicted molar refractivity (Wildman–Crippen MR) is 93.5 cm³/mol. The van der Waals surface area contributed by atoms with Crippen molar-refractivity contribution in [2.24, 2.45) is 4.99 Å². The van der Waals surface area contributed by atoms with E-state index in [0.29, 0.717) is 17.8 Å². The van der Waals surface area contributed by atoms with E-state index in [1.807, 2.05) is 6.07 Å². The Morgan fingerprint density at radius 3 is 2.88 bits per heavy atom. The van der Waals surface area contributed by atoms with E-state index in [0.717, 1.165) is 11.1 Å². The molecule has 7 heteroatoms. The lowest BCUT2D eigenvalue weighted by Gasteiger charge is -2.01. The number of rotatable bonds is 4. The normalized spacial score (nSPS) is 13.8. The summed E-state index contributed by atoms with van der Waals surface area (Å²) in [6.45, 7) is 0. The average molecular weight is 332 g/mol. The standard InChI is InChI=1S/C18H12N4O3/c23-10-14-16(24)15(25-18(14)22-12-3-1-5-19-9-12)7-11-8-21-17-13(11)4-2-6-20-17/h1-10,22,24H. The third-order valence-electron chi connectivity index (χ3n) is 3.69. The summed E-state index contributed by atoms with van der Waals surface area (Å²) < 4.78 is 5.64. The number of carbonyl (C=O) groups excluding carboxylic acids is 1. The Labute approximate surface area is 142 Å². The van der Waals surface area contributed by atoms with Crippen molar-refractivity contribution in [1.82, 2.24) is 9.97 Å². The Kier molecular flexibility index (Phi) is 3.59. The molecule has 4 rings (SSSR count). The number of fused-ring (bicyclic) bond motifs is 1. The molecule has 0 aliphatic carbocycles. The molecule has 3 aromatic rings. The largest absolute Gasteiger partial charge is 0.504 e. The van der Waals surface area contributed by atoms with Gasteiger partial charge < -0.3 is 14.8 Å². The third kappa shape index (κ3) is 2.67. The number of nitrogens with zero attached hydrogens (tertiary/aromatic N) is 3. The van der Waals surface area contributed by atoms with Crippen molar-refractivity contribution >= 4 is 41.5 Å². The van der Waals surface area contributed by atoms with Crippen LogP contribution < -0.4 is 5.32 Å². The zero-order valence-electron chi connectivity index (χ0n) is 12.9. The fourth-order valence-corrected chi connectivity index (χ4v) is 2.50. The number of anilines is 2. The van der Waals surface area contributed by atoms with E-state index in [1.54, 1.807) is 49.1 Å². The van der Waals surface area contributed by atoms with Gasteiger partial charge in [0.1, 0.15) is 5.56 Å².